The summed E-state index contributed by atoms with van der Waals surface area (Å²) in [6.07, 6.45) is 0.0331. The average molecular weight is 322 g/mol. The second kappa shape index (κ2) is 5.31. The molecule has 0 saturated carbocycles. The van der Waals surface area contributed by atoms with Gasteiger partial charge in [-0.2, -0.15) is 8.42 Å². The Morgan fingerprint density at radius 3 is 2.82 bits per heavy atom. The third-order valence-electron chi connectivity index (χ3n) is 3.77. The van der Waals surface area contributed by atoms with E-state index in [1.807, 2.05) is 31.2 Å². The highest BCUT2D eigenvalue weighted by Crippen LogP contribution is 2.31. The van der Waals surface area contributed by atoms with Crippen LogP contribution in [0, 0.1) is 12.8 Å². The van der Waals surface area contributed by atoms with Crippen molar-refractivity contribution in [3.8, 4) is 0 Å². The Morgan fingerprint density at radius 2 is 2.09 bits per heavy atom. The van der Waals surface area contributed by atoms with E-state index in [9.17, 15) is 17.1 Å². The fourth-order valence-corrected chi connectivity index (χ4v) is 3.64. The molecule has 2 heterocycles. The van der Waals surface area contributed by atoms with E-state index in [-0.39, 0.29) is 18.9 Å². The summed E-state index contributed by atoms with van der Waals surface area (Å²) in [7, 11) is -4.58. The highest BCUT2D eigenvalue weighted by atomic mass is 32.3. The Labute approximate surface area is 128 Å². The van der Waals surface area contributed by atoms with Crippen molar-refractivity contribution in [3.63, 3.8) is 0 Å². The molecule has 1 unspecified atom stereocenters. The number of rotatable bonds is 3. The summed E-state index contributed by atoms with van der Waals surface area (Å²) in [5.41, 5.74) is 2.17. The van der Waals surface area contributed by atoms with Crippen LogP contribution >= 0.6 is 0 Å². The van der Waals surface area contributed by atoms with Crippen molar-refractivity contribution in [2.45, 2.75) is 13.3 Å². The minimum atomic E-state index is -4.58. The van der Waals surface area contributed by atoms with Crippen molar-refractivity contribution in [1.29, 1.82) is 0 Å². The van der Waals surface area contributed by atoms with Crippen LogP contribution in [-0.2, 0) is 15.0 Å². The van der Waals surface area contributed by atoms with E-state index < -0.39 is 21.9 Å². The minimum Gasteiger partial charge on any atom is -0.310 e. The maximum Gasteiger partial charge on any atom is 0.302 e. The van der Waals surface area contributed by atoms with Crippen LogP contribution in [0.4, 0.5) is 9.57 Å². The Hall–Kier alpha value is -2.02. The molecule has 0 aliphatic carbocycles. The van der Waals surface area contributed by atoms with Gasteiger partial charge in [-0.05, 0) is 19.1 Å². The summed E-state index contributed by atoms with van der Waals surface area (Å²) in [4.78, 5) is 18.2. The molecule has 22 heavy (non-hydrogen) atoms. The molecule has 1 aliphatic rings. The summed E-state index contributed by atoms with van der Waals surface area (Å²) in [6, 6.07) is 9.30. The van der Waals surface area contributed by atoms with Gasteiger partial charge in [0.1, 0.15) is 0 Å². The van der Waals surface area contributed by atoms with Crippen LogP contribution in [0.5, 0.6) is 0 Å². The molecular formula is C15H15FN2O3S. The van der Waals surface area contributed by atoms with Gasteiger partial charge in [-0.25, -0.2) is 0 Å². The molecule has 0 spiro atoms. The molecule has 7 heteroatoms. The van der Waals surface area contributed by atoms with Crippen LogP contribution < -0.4 is 4.90 Å². The summed E-state index contributed by atoms with van der Waals surface area (Å²) >= 11 is 0. The molecule has 1 amide bonds. The van der Waals surface area contributed by atoms with Crippen molar-refractivity contribution in [2.24, 2.45) is 5.92 Å². The molecule has 5 nitrogen and oxygen atoms in total. The van der Waals surface area contributed by atoms with E-state index in [2.05, 4.69) is 4.98 Å². The van der Waals surface area contributed by atoms with Crippen LogP contribution in [0.15, 0.2) is 30.3 Å². The van der Waals surface area contributed by atoms with Gasteiger partial charge in [0.15, 0.2) is 0 Å². The van der Waals surface area contributed by atoms with Gasteiger partial charge in [0.2, 0.25) is 5.91 Å². The molecule has 1 fully saturated rings. The molecule has 0 radical (unpaired) electrons. The van der Waals surface area contributed by atoms with E-state index in [0.29, 0.717) is 11.2 Å². The Balaban J connectivity index is 1.98. The molecule has 1 aromatic carbocycles. The maximum absolute atomic E-state index is 12.8. The Kier molecular flexibility index (Phi) is 3.60. The zero-order chi connectivity index (χ0) is 15.9. The quantitative estimate of drug-likeness (QED) is 0.813. The third-order valence-corrected chi connectivity index (χ3v) is 4.64. The SMILES string of the molecule is Cc1ccc2cccc(N3CC(CS(=O)(=O)F)CC3=O)c2n1. The number of para-hydroxylation sites is 1. The van der Waals surface area contributed by atoms with E-state index in [1.165, 1.54) is 4.90 Å². The number of carbonyl (C=O) groups is 1. The average Bonchev–Trinajstić information content (AvgIpc) is 2.76. The molecule has 2 aromatic rings. The van der Waals surface area contributed by atoms with Crippen molar-refractivity contribution in [1.82, 2.24) is 4.98 Å². The van der Waals surface area contributed by atoms with E-state index in [0.717, 1.165) is 11.1 Å². The lowest BCUT2D eigenvalue weighted by Gasteiger charge is -2.18. The van der Waals surface area contributed by atoms with Gasteiger partial charge in [-0.1, -0.05) is 18.2 Å². The summed E-state index contributed by atoms with van der Waals surface area (Å²) < 4.78 is 34.4. The molecule has 1 atom stereocenters. The van der Waals surface area contributed by atoms with Crippen LogP contribution in [0.1, 0.15) is 12.1 Å². The molecule has 0 N–H and O–H groups in total. The summed E-state index contributed by atoms with van der Waals surface area (Å²) in [6.45, 7) is 2.05. The second-order valence-electron chi connectivity index (χ2n) is 5.58. The monoisotopic (exact) mass is 322 g/mol. The number of hydrogen-bond acceptors (Lipinski definition) is 4. The fraction of sp³-hybridized carbons (Fsp3) is 0.333. The first-order valence-corrected chi connectivity index (χ1v) is 8.48. The Morgan fingerprint density at radius 1 is 1.32 bits per heavy atom. The fourth-order valence-electron chi connectivity index (χ4n) is 2.85. The van der Waals surface area contributed by atoms with Gasteiger partial charge in [0.05, 0.1) is 17.0 Å². The lowest BCUT2D eigenvalue weighted by molar-refractivity contribution is -0.117. The van der Waals surface area contributed by atoms with Gasteiger partial charge < -0.3 is 4.90 Å². The molecule has 0 bridgehead atoms. The first kappa shape index (κ1) is 14.9. The lowest BCUT2D eigenvalue weighted by Crippen LogP contribution is -2.25. The molecule has 1 aliphatic heterocycles. The molecule has 116 valence electrons. The molecule has 1 aromatic heterocycles. The van der Waals surface area contributed by atoms with E-state index in [1.54, 1.807) is 6.07 Å². The number of benzene rings is 1. The smallest absolute Gasteiger partial charge is 0.302 e. The lowest BCUT2D eigenvalue weighted by atomic mass is 10.1. The Bertz CT molecular complexity index is 851. The number of hydrogen-bond donors (Lipinski definition) is 0. The number of pyridine rings is 1. The number of fused-ring (bicyclic) bond motifs is 1. The van der Waals surface area contributed by atoms with Crippen molar-refractivity contribution in [3.05, 3.63) is 36.0 Å². The number of anilines is 1. The number of aryl methyl sites for hydroxylation is 1. The van der Waals surface area contributed by atoms with Gasteiger partial charge in [-0.15, -0.1) is 3.89 Å². The topological polar surface area (TPSA) is 67.3 Å². The van der Waals surface area contributed by atoms with Crippen LogP contribution in [0.2, 0.25) is 0 Å². The van der Waals surface area contributed by atoms with Gasteiger partial charge in [-0.3, -0.25) is 9.78 Å². The number of amides is 1. The zero-order valence-electron chi connectivity index (χ0n) is 12.0. The third kappa shape index (κ3) is 2.94. The van der Waals surface area contributed by atoms with Crippen LogP contribution in [0.25, 0.3) is 10.9 Å². The normalized spacial score (nSPS) is 19.1. The minimum absolute atomic E-state index is 0.0331. The van der Waals surface area contributed by atoms with E-state index >= 15 is 0 Å². The number of halogens is 1. The van der Waals surface area contributed by atoms with Crippen LogP contribution in [0.3, 0.4) is 0 Å². The van der Waals surface area contributed by atoms with E-state index in [4.69, 9.17) is 0 Å². The maximum atomic E-state index is 12.8. The zero-order valence-corrected chi connectivity index (χ0v) is 12.8. The standard InChI is InChI=1S/C15H15FN2O3S/c1-10-5-6-12-3-2-4-13(15(12)17-10)18-8-11(7-14(18)19)9-22(16,20)21/h2-6,11H,7-9H2,1H3. The predicted octanol–water partition coefficient (Wildman–Crippen LogP) is 2.20. The van der Waals surface area contributed by atoms with Crippen LogP contribution in [-0.4, -0.2) is 31.6 Å². The predicted molar refractivity (Wildman–Crippen MR) is 81.8 cm³/mol. The number of aromatic nitrogens is 1. The van der Waals surface area contributed by atoms with Crippen molar-refractivity contribution in [2.75, 3.05) is 17.2 Å². The molecular weight excluding hydrogens is 307 g/mol. The van der Waals surface area contributed by atoms with Crippen molar-refractivity contribution < 1.29 is 17.1 Å². The number of nitrogens with zero attached hydrogens (tertiary/aromatic N) is 2. The highest BCUT2D eigenvalue weighted by Gasteiger charge is 2.34. The second-order valence-corrected chi connectivity index (χ2v) is 6.99. The molecule has 3 rings (SSSR count). The largest absolute Gasteiger partial charge is 0.310 e. The van der Waals surface area contributed by atoms with Gasteiger partial charge >= 0.3 is 10.2 Å². The van der Waals surface area contributed by atoms with Gasteiger partial charge in [0, 0.05) is 30.0 Å². The van der Waals surface area contributed by atoms with Crippen molar-refractivity contribution >= 4 is 32.7 Å². The summed E-state index contributed by atoms with van der Waals surface area (Å²) in [5.74, 6) is -1.35. The summed E-state index contributed by atoms with van der Waals surface area (Å²) in [5, 5.41) is 0.900. The first-order valence-electron chi connectivity index (χ1n) is 6.92. The first-order chi connectivity index (χ1) is 10.3. The van der Waals surface area contributed by atoms with Gasteiger partial charge in [0.25, 0.3) is 0 Å². The highest BCUT2D eigenvalue weighted by molar-refractivity contribution is 7.86. The number of carbonyl (C=O) groups excluding carboxylic acids is 1. The molecule has 1 saturated heterocycles.